The molecule has 1 aliphatic rings. The molecule has 1 aliphatic heterocycles. The summed E-state index contributed by atoms with van der Waals surface area (Å²) in [6.45, 7) is 2.32. The number of halogens is 1. The van der Waals surface area contributed by atoms with Gasteiger partial charge in [0.25, 0.3) is 5.91 Å². The number of hydrogen-bond donors (Lipinski definition) is 1. The number of thioether (sulfide) groups is 1. The third kappa shape index (κ3) is 6.17. The minimum atomic E-state index is -0.631. The van der Waals surface area contributed by atoms with Crippen molar-refractivity contribution in [2.45, 2.75) is 13.5 Å². The van der Waals surface area contributed by atoms with Gasteiger partial charge in [-0.15, -0.1) is 5.10 Å². The van der Waals surface area contributed by atoms with Crippen LogP contribution >= 0.6 is 11.8 Å². The second kappa shape index (κ2) is 11.1. The topological polar surface area (TPSA) is 98.6 Å². The van der Waals surface area contributed by atoms with Crippen LogP contribution in [-0.4, -0.2) is 37.0 Å². The lowest BCUT2D eigenvalue weighted by molar-refractivity contribution is -0.135. The van der Waals surface area contributed by atoms with E-state index in [4.69, 9.17) is 9.47 Å². The summed E-state index contributed by atoms with van der Waals surface area (Å²) in [4.78, 5) is 23.3. The Morgan fingerprint density at radius 2 is 2.00 bits per heavy atom. The molecule has 0 aliphatic carbocycles. The van der Waals surface area contributed by atoms with Crippen LogP contribution in [0.15, 0.2) is 63.6 Å². The van der Waals surface area contributed by atoms with Gasteiger partial charge in [0.1, 0.15) is 12.4 Å². The van der Waals surface area contributed by atoms with Gasteiger partial charge in [-0.05, 0) is 48.5 Å². The van der Waals surface area contributed by atoms with Gasteiger partial charge < -0.3 is 14.2 Å². The standard InChI is InChI=1S/C22H20FN3O5S/c1-3-30-18-10-14(8-9-17(18)31-13-15-6-4-5-7-16(15)23)12-24-26-22-25-21(28)19(32-22)11-20(27)29-2/h4-12H,3,13H2,1-2H3,(H,25,26,28)/b19-11+,24-12?. The van der Waals surface area contributed by atoms with E-state index in [0.717, 1.165) is 17.8 Å². The molecule has 3 rings (SSSR count). The van der Waals surface area contributed by atoms with Crippen LogP contribution in [0.1, 0.15) is 18.1 Å². The number of nitrogens with one attached hydrogen (secondary N) is 1. The van der Waals surface area contributed by atoms with Gasteiger partial charge >= 0.3 is 5.97 Å². The Morgan fingerprint density at radius 3 is 2.75 bits per heavy atom. The molecule has 0 saturated carbocycles. The summed E-state index contributed by atoms with van der Waals surface area (Å²) in [6, 6.07) is 11.5. The number of hydrogen-bond acceptors (Lipinski definition) is 8. The molecule has 1 N–H and O–H groups in total. The van der Waals surface area contributed by atoms with Gasteiger partial charge in [-0.25, -0.2) is 9.18 Å². The van der Waals surface area contributed by atoms with Crippen LogP contribution in [-0.2, 0) is 20.9 Å². The molecular weight excluding hydrogens is 437 g/mol. The van der Waals surface area contributed by atoms with Gasteiger partial charge in [0, 0.05) is 11.6 Å². The van der Waals surface area contributed by atoms with E-state index in [1.807, 2.05) is 6.92 Å². The number of amidine groups is 1. The fraction of sp³-hybridized carbons (Fsp3) is 0.182. The fourth-order valence-electron chi connectivity index (χ4n) is 2.55. The average molecular weight is 457 g/mol. The summed E-state index contributed by atoms with van der Waals surface area (Å²) in [5.74, 6) is -0.477. The monoisotopic (exact) mass is 457 g/mol. The summed E-state index contributed by atoms with van der Waals surface area (Å²) in [5, 5.41) is 10.7. The SMILES string of the molecule is CCOc1cc(C=N/N=C2/NC(=O)/C(=C\C(=O)OC)S2)ccc1OCc1ccccc1F. The van der Waals surface area contributed by atoms with Crippen LogP contribution in [0.5, 0.6) is 11.5 Å². The maximum Gasteiger partial charge on any atom is 0.331 e. The Morgan fingerprint density at radius 1 is 1.19 bits per heavy atom. The molecule has 10 heteroatoms. The molecule has 0 atom stereocenters. The lowest BCUT2D eigenvalue weighted by atomic mass is 10.2. The van der Waals surface area contributed by atoms with Crippen molar-refractivity contribution in [3.8, 4) is 11.5 Å². The first-order valence-corrected chi connectivity index (χ1v) is 10.3. The zero-order chi connectivity index (χ0) is 22.9. The highest BCUT2D eigenvalue weighted by Gasteiger charge is 2.25. The smallest absolute Gasteiger partial charge is 0.331 e. The Kier molecular flexibility index (Phi) is 7.98. The maximum absolute atomic E-state index is 13.8. The van der Waals surface area contributed by atoms with Crippen molar-refractivity contribution in [2.75, 3.05) is 13.7 Å². The maximum atomic E-state index is 13.8. The van der Waals surface area contributed by atoms with Crippen molar-refractivity contribution in [3.63, 3.8) is 0 Å². The largest absolute Gasteiger partial charge is 0.490 e. The molecule has 0 aromatic heterocycles. The van der Waals surface area contributed by atoms with Crippen molar-refractivity contribution < 1.29 is 28.2 Å². The fourth-order valence-corrected chi connectivity index (χ4v) is 3.29. The quantitative estimate of drug-likeness (QED) is 0.282. The third-order valence-corrected chi connectivity index (χ3v) is 4.97. The summed E-state index contributed by atoms with van der Waals surface area (Å²) in [7, 11) is 1.23. The van der Waals surface area contributed by atoms with Crippen LogP contribution in [0, 0.1) is 5.82 Å². The molecule has 1 fully saturated rings. The van der Waals surface area contributed by atoms with Gasteiger partial charge in [0.2, 0.25) is 0 Å². The highest BCUT2D eigenvalue weighted by atomic mass is 32.2. The van der Waals surface area contributed by atoms with E-state index in [0.29, 0.717) is 29.2 Å². The van der Waals surface area contributed by atoms with Gasteiger partial charge in [-0.3, -0.25) is 10.1 Å². The van der Waals surface area contributed by atoms with Crippen LogP contribution in [0.4, 0.5) is 4.39 Å². The van der Waals surface area contributed by atoms with Crippen LogP contribution in [0.3, 0.4) is 0 Å². The molecule has 1 saturated heterocycles. The number of carbonyl (C=O) groups is 2. The first-order chi connectivity index (χ1) is 15.5. The highest BCUT2D eigenvalue weighted by Crippen LogP contribution is 2.29. The minimum absolute atomic E-state index is 0.0617. The number of carbonyl (C=O) groups excluding carboxylic acids is 2. The number of esters is 1. The predicted molar refractivity (Wildman–Crippen MR) is 119 cm³/mol. The number of nitrogens with zero attached hydrogens (tertiary/aromatic N) is 2. The van der Waals surface area contributed by atoms with E-state index in [1.54, 1.807) is 36.4 Å². The lowest BCUT2D eigenvalue weighted by Gasteiger charge is -2.13. The van der Waals surface area contributed by atoms with Gasteiger partial charge in [0.05, 0.1) is 24.8 Å². The van der Waals surface area contributed by atoms with E-state index < -0.39 is 11.9 Å². The van der Waals surface area contributed by atoms with Crippen molar-refractivity contribution in [1.29, 1.82) is 0 Å². The Balaban J connectivity index is 1.69. The number of benzene rings is 2. The van der Waals surface area contributed by atoms with E-state index >= 15 is 0 Å². The molecule has 8 nitrogen and oxygen atoms in total. The number of amides is 1. The van der Waals surface area contributed by atoms with Gasteiger partial charge in [0.15, 0.2) is 16.7 Å². The van der Waals surface area contributed by atoms with Gasteiger partial charge in [-0.2, -0.15) is 5.10 Å². The van der Waals surface area contributed by atoms with Crippen molar-refractivity contribution >= 4 is 35.0 Å². The highest BCUT2D eigenvalue weighted by molar-refractivity contribution is 8.18. The van der Waals surface area contributed by atoms with Crippen molar-refractivity contribution in [3.05, 3.63) is 70.4 Å². The van der Waals surface area contributed by atoms with Crippen LogP contribution in [0.25, 0.3) is 0 Å². The van der Waals surface area contributed by atoms with Gasteiger partial charge in [-0.1, -0.05) is 18.2 Å². The molecule has 1 amide bonds. The molecular formula is C22H20FN3O5S. The van der Waals surface area contributed by atoms with E-state index in [-0.39, 0.29) is 22.5 Å². The second-order valence-corrected chi connectivity index (χ2v) is 7.29. The van der Waals surface area contributed by atoms with E-state index in [1.165, 1.54) is 19.4 Å². The number of ether oxygens (including phenoxy) is 3. The summed E-state index contributed by atoms with van der Waals surface area (Å²) < 4.78 is 29.7. The van der Waals surface area contributed by atoms with Crippen molar-refractivity contribution in [1.82, 2.24) is 5.32 Å². The summed E-state index contributed by atoms with van der Waals surface area (Å²) in [5.41, 5.74) is 1.11. The second-order valence-electron chi connectivity index (χ2n) is 6.26. The minimum Gasteiger partial charge on any atom is -0.490 e. The normalized spacial score (nSPS) is 15.9. The van der Waals surface area contributed by atoms with E-state index in [2.05, 4.69) is 20.3 Å². The van der Waals surface area contributed by atoms with Crippen molar-refractivity contribution in [2.24, 2.45) is 10.2 Å². The number of methoxy groups -OCH3 is 1. The molecule has 32 heavy (non-hydrogen) atoms. The molecule has 2 aromatic carbocycles. The summed E-state index contributed by atoms with van der Waals surface area (Å²) >= 11 is 0.978. The van der Waals surface area contributed by atoms with Crippen LogP contribution in [0.2, 0.25) is 0 Å². The Labute approximate surface area is 188 Å². The first-order valence-electron chi connectivity index (χ1n) is 9.53. The lowest BCUT2D eigenvalue weighted by Crippen LogP contribution is -2.19. The Hall–Kier alpha value is -3.66. The third-order valence-electron chi connectivity index (χ3n) is 4.07. The molecule has 0 radical (unpaired) electrons. The molecule has 0 spiro atoms. The average Bonchev–Trinajstić information content (AvgIpc) is 3.13. The van der Waals surface area contributed by atoms with Crippen LogP contribution < -0.4 is 14.8 Å². The molecule has 0 unspecified atom stereocenters. The summed E-state index contributed by atoms with van der Waals surface area (Å²) in [6.07, 6.45) is 2.56. The zero-order valence-electron chi connectivity index (χ0n) is 17.3. The zero-order valence-corrected chi connectivity index (χ0v) is 18.1. The van der Waals surface area contributed by atoms with E-state index in [9.17, 15) is 14.0 Å². The predicted octanol–water partition coefficient (Wildman–Crippen LogP) is 3.41. The first kappa shape index (κ1) is 23.0. The number of rotatable bonds is 8. The molecule has 0 bridgehead atoms. The Bertz CT molecular complexity index is 1100. The molecule has 1 heterocycles. The molecule has 2 aromatic rings. The molecule has 166 valence electrons.